The van der Waals surface area contributed by atoms with Crippen LogP contribution in [0.2, 0.25) is 0 Å². The van der Waals surface area contributed by atoms with Crippen molar-refractivity contribution in [2.24, 2.45) is 5.10 Å². The molecule has 0 aliphatic heterocycles. The minimum Gasteiger partial charge on any atom is -0.309 e. The lowest BCUT2D eigenvalue weighted by Crippen LogP contribution is -2.16. The van der Waals surface area contributed by atoms with Gasteiger partial charge in [0.1, 0.15) is 0 Å². The molecule has 0 bridgehead atoms. The molecule has 0 radical (unpaired) electrons. The van der Waals surface area contributed by atoms with Gasteiger partial charge in [-0.15, -0.1) is 0 Å². The Morgan fingerprint density at radius 1 is 1.00 bits per heavy atom. The summed E-state index contributed by atoms with van der Waals surface area (Å²) in [6, 6.07) is 20.3. The molecule has 0 aliphatic carbocycles. The van der Waals surface area contributed by atoms with Gasteiger partial charge in [-0.3, -0.25) is 5.43 Å². The standard InChI is InChI=1S/C19H23N3/c1-22(2)16-15-19(14-13-17-9-5-3-6-10-17)21-20-18-11-7-4-8-12-18/h3-14,20H,15-16H2,1-2H3/b14-13+,21-19-. The average molecular weight is 293 g/mol. The number of hydrazone groups is 1. The molecule has 1 N–H and O–H groups in total. The van der Waals surface area contributed by atoms with E-state index in [0.29, 0.717) is 0 Å². The quantitative estimate of drug-likeness (QED) is 0.614. The molecular weight excluding hydrogens is 270 g/mol. The van der Waals surface area contributed by atoms with E-state index in [1.54, 1.807) is 0 Å². The Morgan fingerprint density at radius 2 is 1.64 bits per heavy atom. The summed E-state index contributed by atoms with van der Waals surface area (Å²) in [5.74, 6) is 0. The Kier molecular flexibility index (Phi) is 6.39. The zero-order valence-corrected chi connectivity index (χ0v) is 13.2. The van der Waals surface area contributed by atoms with Crippen molar-refractivity contribution in [2.45, 2.75) is 6.42 Å². The highest BCUT2D eigenvalue weighted by Gasteiger charge is 1.98. The first-order valence-electron chi connectivity index (χ1n) is 7.49. The number of benzene rings is 2. The van der Waals surface area contributed by atoms with E-state index in [9.17, 15) is 0 Å². The highest BCUT2D eigenvalue weighted by atomic mass is 15.3. The van der Waals surface area contributed by atoms with Crippen LogP contribution < -0.4 is 5.43 Å². The number of para-hydroxylation sites is 1. The van der Waals surface area contributed by atoms with Crippen molar-refractivity contribution in [1.29, 1.82) is 0 Å². The molecule has 0 aliphatic rings. The normalized spacial score (nSPS) is 12.0. The number of rotatable bonds is 7. The van der Waals surface area contributed by atoms with E-state index in [4.69, 9.17) is 0 Å². The number of hydrogen-bond acceptors (Lipinski definition) is 3. The molecule has 0 fully saturated rings. The van der Waals surface area contributed by atoms with Gasteiger partial charge >= 0.3 is 0 Å². The van der Waals surface area contributed by atoms with Gasteiger partial charge in [-0.05, 0) is 37.9 Å². The van der Waals surface area contributed by atoms with E-state index < -0.39 is 0 Å². The predicted molar refractivity (Wildman–Crippen MR) is 96.1 cm³/mol. The molecule has 3 nitrogen and oxygen atoms in total. The number of nitrogens with one attached hydrogen (secondary N) is 1. The van der Waals surface area contributed by atoms with E-state index >= 15 is 0 Å². The third-order valence-electron chi connectivity index (χ3n) is 3.19. The Bertz CT molecular complexity index is 601. The first kappa shape index (κ1) is 16.0. The highest BCUT2D eigenvalue weighted by Crippen LogP contribution is 2.07. The molecule has 0 saturated heterocycles. The first-order chi connectivity index (χ1) is 10.7. The number of allylic oxidation sites excluding steroid dienone is 1. The van der Waals surface area contributed by atoms with Gasteiger partial charge in [0.2, 0.25) is 0 Å². The number of hydrogen-bond donors (Lipinski definition) is 1. The summed E-state index contributed by atoms with van der Waals surface area (Å²) in [5.41, 5.74) is 6.33. The van der Waals surface area contributed by atoms with Crippen LogP contribution in [0, 0.1) is 0 Å². The minimum absolute atomic E-state index is 0.899. The predicted octanol–water partition coefficient (Wildman–Crippen LogP) is 4.12. The van der Waals surface area contributed by atoms with E-state index in [0.717, 1.165) is 24.4 Å². The van der Waals surface area contributed by atoms with E-state index in [-0.39, 0.29) is 0 Å². The van der Waals surface area contributed by atoms with Gasteiger partial charge in [0, 0.05) is 13.0 Å². The lowest BCUT2D eigenvalue weighted by molar-refractivity contribution is 0.422. The summed E-state index contributed by atoms with van der Waals surface area (Å²) < 4.78 is 0. The van der Waals surface area contributed by atoms with E-state index in [1.165, 1.54) is 5.56 Å². The van der Waals surface area contributed by atoms with Gasteiger partial charge in [0.25, 0.3) is 0 Å². The summed E-state index contributed by atoms with van der Waals surface area (Å²) in [6.45, 7) is 0.967. The van der Waals surface area contributed by atoms with Gasteiger partial charge in [0.05, 0.1) is 11.4 Å². The summed E-state index contributed by atoms with van der Waals surface area (Å²) >= 11 is 0. The second kappa shape index (κ2) is 8.80. The van der Waals surface area contributed by atoms with Gasteiger partial charge in [-0.2, -0.15) is 5.10 Å². The fourth-order valence-corrected chi connectivity index (χ4v) is 1.92. The van der Waals surface area contributed by atoms with E-state index in [1.807, 2.05) is 48.5 Å². The fraction of sp³-hybridized carbons (Fsp3) is 0.211. The molecular formula is C19H23N3. The lowest BCUT2D eigenvalue weighted by Gasteiger charge is -2.09. The summed E-state index contributed by atoms with van der Waals surface area (Å²) in [5, 5.41) is 4.53. The van der Waals surface area contributed by atoms with Crippen molar-refractivity contribution >= 4 is 17.5 Å². The number of anilines is 1. The molecule has 114 valence electrons. The van der Waals surface area contributed by atoms with Crippen molar-refractivity contribution in [1.82, 2.24) is 4.90 Å². The Hall–Kier alpha value is -2.39. The van der Waals surface area contributed by atoms with Crippen LogP contribution >= 0.6 is 0 Å². The zero-order valence-electron chi connectivity index (χ0n) is 13.2. The lowest BCUT2D eigenvalue weighted by atomic mass is 10.1. The number of nitrogens with zero attached hydrogens (tertiary/aromatic N) is 2. The minimum atomic E-state index is 0.899. The van der Waals surface area contributed by atoms with Crippen molar-refractivity contribution in [3.05, 3.63) is 72.3 Å². The van der Waals surface area contributed by atoms with Crippen LogP contribution in [-0.4, -0.2) is 31.3 Å². The molecule has 0 heterocycles. The summed E-state index contributed by atoms with van der Waals surface area (Å²) in [7, 11) is 4.15. The zero-order chi connectivity index (χ0) is 15.6. The van der Waals surface area contributed by atoms with E-state index in [2.05, 4.69) is 53.8 Å². The van der Waals surface area contributed by atoms with Crippen molar-refractivity contribution < 1.29 is 0 Å². The third-order valence-corrected chi connectivity index (χ3v) is 3.19. The summed E-state index contributed by atoms with van der Waals surface area (Å²) in [6.07, 6.45) is 5.08. The van der Waals surface area contributed by atoms with Crippen LogP contribution in [0.5, 0.6) is 0 Å². The van der Waals surface area contributed by atoms with Crippen molar-refractivity contribution in [3.8, 4) is 0 Å². The van der Waals surface area contributed by atoms with Crippen LogP contribution in [0.15, 0.2) is 71.8 Å². The first-order valence-corrected chi connectivity index (χ1v) is 7.49. The molecule has 0 spiro atoms. The van der Waals surface area contributed by atoms with Crippen molar-refractivity contribution in [2.75, 3.05) is 26.1 Å². The second-order valence-corrected chi connectivity index (χ2v) is 5.38. The Labute approximate surface area is 133 Å². The van der Waals surface area contributed by atoms with Gasteiger partial charge in [-0.1, -0.05) is 54.6 Å². The van der Waals surface area contributed by atoms with Crippen LogP contribution in [0.1, 0.15) is 12.0 Å². The molecule has 0 amide bonds. The molecule has 2 aromatic rings. The van der Waals surface area contributed by atoms with Crippen LogP contribution in [0.25, 0.3) is 6.08 Å². The van der Waals surface area contributed by atoms with Gasteiger partial charge in [0.15, 0.2) is 0 Å². The average Bonchev–Trinajstić information content (AvgIpc) is 2.56. The third kappa shape index (κ3) is 5.94. The van der Waals surface area contributed by atoms with Crippen molar-refractivity contribution in [3.63, 3.8) is 0 Å². The molecule has 3 heteroatoms. The van der Waals surface area contributed by atoms with Gasteiger partial charge in [-0.25, -0.2) is 0 Å². The monoisotopic (exact) mass is 293 g/mol. The molecule has 0 aromatic heterocycles. The maximum absolute atomic E-state index is 4.53. The molecule has 0 unspecified atom stereocenters. The maximum atomic E-state index is 4.53. The Morgan fingerprint density at radius 3 is 2.27 bits per heavy atom. The molecule has 22 heavy (non-hydrogen) atoms. The highest BCUT2D eigenvalue weighted by molar-refractivity contribution is 5.98. The SMILES string of the molecule is CN(C)CCC(/C=C/c1ccccc1)=N\Nc1ccccc1. The molecule has 0 atom stereocenters. The van der Waals surface area contributed by atoms with Crippen LogP contribution in [0.3, 0.4) is 0 Å². The maximum Gasteiger partial charge on any atom is 0.0620 e. The molecule has 2 rings (SSSR count). The largest absolute Gasteiger partial charge is 0.309 e. The fourth-order valence-electron chi connectivity index (χ4n) is 1.92. The van der Waals surface area contributed by atoms with Crippen LogP contribution in [-0.2, 0) is 0 Å². The topological polar surface area (TPSA) is 27.6 Å². The molecule has 0 saturated carbocycles. The smallest absolute Gasteiger partial charge is 0.0620 e. The van der Waals surface area contributed by atoms with Gasteiger partial charge < -0.3 is 4.90 Å². The Balaban J connectivity index is 2.06. The summed E-state index contributed by atoms with van der Waals surface area (Å²) in [4.78, 5) is 2.16. The molecule has 2 aromatic carbocycles. The van der Waals surface area contributed by atoms with Crippen LogP contribution in [0.4, 0.5) is 5.69 Å². The second-order valence-electron chi connectivity index (χ2n) is 5.38.